The maximum absolute atomic E-state index is 13.6. The van der Waals surface area contributed by atoms with Crippen LogP contribution in [0.3, 0.4) is 0 Å². The van der Waals surface area contributed by atoms with E-state index in [0.717, 1.165) is 11.3 Å². The van der Waals surface area contributed by atoms with Crippen LogP contribution in [0.5, 0.6) is 5.88 Å². The summed E-state index contributed by atoms with van der Waals surface area (Å²) in [6.07, 6.45) is 0.792. The summed E-state index contributed by atoms with van der Waals surface area (Å²) in [5.74, 6) is -5.45. The SMILES string of the molecule is Cn1nc(OC(F)F)cc1Nc1nncn1[C@H]1CCc2sc(NC(=O)C3CC3(F)F)c(S(=O)(=O)NC3CC(F)C3)c2C1. The zero-order chi connectivity index (χ0) is 30.0. The smallest absolute Gasteiger partial charge is 0.388 e. The van der Waals surface area contributed by atoms with Gasteiger partial charge in [-0.05, 0) is 37.7 Å². The Balaban J connectivity index is 1.28. The number of hydrogen-bond donors (Lipinski definition) is 3. The molecule has 0 aliphatic heterocycles. The summed E-state index contributed by atoms with van der Waals surface area (Å²) in [6.45, 7) is -3.06. The number of nitrogens with zero attached hydrogens (tertiary/aromatic N) is 5. The number of ether oxygens (including phenoxy) is 1. The predicted octanol–water partition coefficient (Wildman–Crippen LogP) is 3.52. The number of rotatable bonds is 10. The van der Waals surface area contributed by atoms with Crippen LogP contribution < -0.4 is 20.1 Å². The van der Waals surface area contributed by atoms with E-state index in [4.69, 9.17) is 0 Å². The van der Waals surface area contributed by atoms with E-state index in [1.165, 1.54) is 24.1 Å². The van der Waals surface area contributed by atoms with Crippen molar-refractivity contribution in [2.45, 2.75) is 74.2 Å². The van der Waals surface area contributed by atoms with Crippen LogP contribution >= 0.6 is 11.3 Å². The van der Waals surface area contributed by atoms with Crippen LogP contribution in [0.4, 0.5) is 38.7 Å². The van der Waals surface area contributed by atoms with Crippen molar-refractivity contribution in [3.63, 3.8) is 0 Å². The van der Waals surface area contributed by atoms with Gasteiger partial charge in [-0.3, -0.25) is 9.36 Å². The molecule has 2 saturated carbocycles. The lowest BCUT2D eigenvalue weighted by Gasteiger charge is -2.30. The van der Waals surface area contributed by atoms with Crippen LogP contribution in [0.1, 0.15) is 42.2 Å². The quantitative estimate of drug-likeness (QED) is 0.287. The fraction of sp³-hybridized carbons (Fsp3) is 0.565. The van der Waals surface area contributed by atoms with Crippen molar-refractivity contribution < 1.29 is 39.9 Å². The number of fused-ring (bicyclic) bond motifs is 1. The van der Waals surface area contributed by atoms with E-state index in [9.17, 15) is 35.2 Å². The lowest BCUT2D eigenvalue weighted by molar-refractivity contribution is -0.119. The predicted molar refractivity (Wildman–Crippen MR) is 138 cm³/mol. The highest BCUT2D eigenvalue weighted by Crippen LogP contribution is 2.50. The summed E-state index contributed by atoms with van der Waals surface area (Å²) in [7, 11) is -2.76. The second kappa shape index (κ2) is 10.4. The zero-order valence-corrected chi connectivity index (χ0v) is 23.5. The van der Waals surface area contributed by atoms with E-state index >= 15 is 0 Å². The van der Waals surface area contributed by atoms with Gasteiger partial charge in [0.25, 0.3) is 5.92 Å². The van der Waals surface area contributed by atoms with Crippen molar-refractivity contribution in [1.29, 1.82) is 0 Å². The third kappa shape index (κ3) is 5.56. The molecule has 19 heteroatoms. The van der Waals surface area contributed by atoms with E-state index in [1.807, 2.05) is 0 Å². The first-order chi connectivity index (χ1) is 19.8. The van der Waals surface area contributed by atoms with E-state index in [-0.39, 0.29) is 52.8 Å². The summed E-state index contributed by atoms with van der Waals surface area (Å²) in [5.41, 5.74) is 0.408. The minimum Gasteiger partial charge on any atom is -0.415 e. The van der Waals surface area contributed by atoms with Crippen molar-refractivity contribution in [3.8, 4) is 5.88 Å². The van der Waals surface area contributed by atoms with Gasteiger partial charge in [0, 0.05) is 36.5 Å². The molecule has 3 aliphatic rings. The van der Waals surface area contributed by atoms with Crippen molar-refractivity contribution >= 4 is 44.0 Å². The molecule has 3 heterocycles. The molecule has 12 nitrogen and oxygen atoms in total. The fourth-order valence-corrected chi connectivity index (χ4v) is 8.42. The third-order valence-electron chi connectivity index (χ3n) is 7.51. The molecule has 3 aliphatic carbocycles. The number of hydrogen-bond acceptors (Lipinski definition) is 9. The molecule has 3 aromatic heterocycles. The van der Waals surface area contributed by atoms with Crippen LogP contribution in [0.15, 0.2) is 17.3 Å². The molecule has 42 heavy (non-hydrogen) atoms. The van der Waals surface area contributed by atoms with Gasteiger partial charge < -0.3 is 15.4 Å². The number of aromatic nitrogens is 5. The Kier molecular flexibility index (Phi) is 7.16. The first kappa shape index (κ1) is 28.8. The normalized spacial score (nSPS) is 24.6. The topological polar surface area (TPSA) is 145 Å². The van der Waals surface area contributed by atoms with Crippen molar-refractivity contribution in [2.75, 3.05) is 10.6 Å². The lowest BCUT2D eigenvalue weighted by atomic mass is 9.92. The van der Waals surface area contributed by atoms with E-state index in [0.29, 0.717) is 23.3 Å². The van der Waals surface area contributed by atoms with Gasteiger partial charge in [0.05, 0.1) is 0 Å². The average Bonchev–Trinajstić information content (AvgIpc) is 3.23. The van der Waals surface area contributed by atoms with E-state index < -0.39 is 53.0 Å². The first-order valence-corrected chi connectivity index (χ1v) is 15.3. The fourth-order valence-electron chi connectivity index (χ4n) is 5.18. The van der Waals surface area contributed by atoms with Crippen molar-refractivity contribution in [2.24, 2.45) is 13.0 Å². The number of thiophene rings is 1. The maximum Gasteiger partial charge on any atom is 0.388 e. The Morgan fingerprint density at radius 1 is 1.29 bits per heavy atom. The second-order valence-electron chi connectivity index (χ2n) is 10.5. The van der Waals surface area contributed by atoms with Crippen LogP contribution in [0, 0.1) is 5.92 Å². The average molecular weight is 637 g/mol. The van der Waals surface area contributed by atoms with Gasteiger partial charge in [-0.25, -0.2) is 31.0 Å². The molecule has 6 rings (SSSR count). The first-order valence-electron chi connectivity index (χ1n) is 13.0. The summed E-state index contributed by atoms with van der Waals surface area (Å²) in [5, 5.41) is 17.2. The van der Waals surface area contributed by atoms with Crippen LogP contribution in [0.25, 0.3) is 0 Å². The standard InChI is InChI=1S/C23H25F5N8O4S2/c1-35-16(7-17(33-35)40-21(25)26)30-22-32-29-9-36(22)12-2-3-15-13(6-12)18(42(38,39)34-11-4-10(24)5-11)20(41-15)31-19(37)14-8-23(14,27)28/h7,9-12,14,21,34H,2-6,8H2,1H3,(H,30,32)(H,31,37)/t10?,11?,12-,14?/m0/s1. The molecule has 2 fully saturated rings. The van der Waals surface area contributed by atoms with Gasteiger partial charge in [0.1, 0.15) is 34.1 Å². The molecule has 3 aromatic rings. The highest BCUT2D eigenvalue weighted by atomic mass is 32.2. The zero-order valence-electron chi connectivity index (χ0n) is 21.9. The molecule has 1 amide bonds. The van der Waals surface area contributed by atoms with Crippen molar-refractivity contribution in [1.82, 2.24) is 29.3 Å². The molecular weight excluding hydrogens is 611 g/mol. The number of carbonyl (C=O) groups is 1. The molecule has 228 valence electrons. The highest BCUT2D eigenvalue weighted by molar-refractivity contribution is 7.90. The van der Waals surface area contributed by atoms with Gasteiger partial charge in [-0.1, -0.05) is 0 Å². The lowest BCUT2D eigenvalue weighted by Crippen LogP contribution is -2.45. The molecule has 2 atom stereocenters. The molecule has 0 bridgehead atoms. The molecule has 0 radical (unpaired) electrons. The molecule has 0 saturated heterocycles. The summed E-state index contributed by atoms with van der Waals surface area (Å²) < 4.78 is 103. The number of sulfonamides is 1. The Bertz CT molecular complexity index is 1620. The number of nitrogens with one attached hydrogen (secondary N) is 3. The van der Waals surface area contributed by atoms with E-state index in [2.05, 4.69) is 35.4 Å². The summed E-state index contributed by atoms with van der Waals surface area (Å²) >= 11 is 1.02. The Morgan fingerprint density at radius 3 is 2.69 bits per heavy atom. The van der Waals surface area contributed by atoms with Crippen LogP contribution in [-0.4, -0.2) is 63.6 Å². The molecule has 0 spiro atoms. The number of aryl methyl sites for hydroxylation is 2. The summed E-state index contributed by atoms with van der Waals surface area (Å²) in [4.78, 5) is 13.0. The van der Waals surface area contributed by atoms with Gasteiger partial charge in [-0.15, -0.1) is 26.6 Å². The molecule has 0 aromatic carbocycles. The summed E-state index contributed by atoms with van der Waals surface area (Å²) in [6, 6.07) is 0.252. The number of alkyl halides is 5. The molecule has 1 unspecified atom stereocenters. The Morgan fingerprint density at radius 2 is 2.02 bits per heavy atom. The van der Waals surface area contributed by atoms with Crippen molar-refractivity contribution in [3.05, 3.63) is 22.8 Å². The second-order valence-corrected chi connectivity index (χ2v) is 13.3. The molecule has 3 N–H and O–H groups in total. The third-order valence-corrected chi connectivity index (χ3v) is 10.5. The number of amides is 1. The minimum absolute atomic E-state index is 0.0119. The van der Waals surface area contributed by atoms with Crippen LogP contribution in [-0.2, 0) is 34.7 Å². The van der Waals surface area contributed by atoms with Gasteiger partial charge in [0.15, 0.2) is 0 Å². The van der Waals surface area contributed by atoms with E-state index in [1.54, 1.807) is 4.57 Å². The van der Waals surface area contributed by atoms with Gasteiger partial charge in [0.2, 0.25) is 27.8 Å². The monoisotopic (exact) mass is 636 g/mol. The Hall–Kier alpha value is -3.32. The number of carbonyl (C=O) groups excluding carboxylic acids is 1. The largest absolute Gasteiger partial charge is 0.415 e. The van der Waals surface area contributed by atoms with Gasteiger partial charge >= 0.3 is 6.61 Å². The highest BCUT2D eigenvalue weighted by Gasteiger charge is 2.61. The number of anilines is 3. The maximum atomic E-state index is 13.6. The Labute approximate surface area is 239 Å². The number of halogens is 5. The van der Waals surface area contributed by atoms with Crippen LogP contribution in [0.2, 0.25) is 0 Å². The molecular formula is C23H25F5N8O4S2. The van der Waals surface area contributed by atoms with Gasteiger partial charge in [-0.2, -0.15) is 8.78 Å². The minimum atomic E-state index is -4.27.